The Morgan fingerprint density at radius 3 is 2.79 bits per heavy atom. The van der Waals surface area contributed by atoms with Crippen molar-refractivity contribution >= 4 is 39.5 Å². The van der Waals surface area contributed by atoms with Crippen molar-refractivity contribution in [1.82, 2.24) is 0 Å². The van der Waals surface area contributed by atoms with Crippen LogP contribution in [-0.2, 0) is 0 Å². The number of rotatable bonds is 2. The van der Waals surface area contributed by atoms with E-state index in [1.54, 1.807) is 23.1 Å². The van der Waals surface area contributed by atoms with Gasteiger partial charge >= 0.3 is 0 Å². The van der Waals surface area contributed by atoms with E-state index in [0.29, 0.717) is 0 Å². The van der Waals surface area contributed by atoms with Crippen molar-refractivity contribution in [1.29, 1.82) is 0 Å². The Hall–Kier alpha value is -0.800. The van der Waals surface area contributed by atoms with Crippen LogP contribution in [0.1, 0.15) is 15.9 Å². The van der Waals surface area contributed by atoms with E-state index in [2.05, 4.69) is 19.2 Å². The van der Waals surface area contributed by atoms with Crippen molar-refractivity contribution in [2.45, 2.75) is 11.1 Å². The second-order valence-electron chi connectivity index (χ2n) is 3.14. The number of thiophene rings is 1. The van der Waals surface area contributed by atoms with Gasteiger partial charge in [0.15, 0.2) is 0 Å². The fourth-order valence-electron chi connectivity index (χ4n) is 1.50. The minimum Gasteiger partial charge on any atom is -0.298 e. The zero-order valence-corrected chi connectivity index (χ0v) is 9.67. The van der Waals surface area contributed by atoms with Crippen molar-refractivity contribution in [3.63, 3.8) is 0 Å². The third-order valence-electron chi connectivity index (χ3n) is 2.14. The van der Waals surface area contributed by atoms with Crippen LogP contribution in [0.2, 0.25) is 0 Å². The molecule has 0 N–H and O–H groups in total. The Bertz CT molecular complexity index is 485. The molecule has 1 heterocycles. The molecule has 0 saturated heterocycles. The average molecular weight is 222 g/mol. The number of carbonyl (C=O) groups excluding carboxylic acids is 1. The SMILES string of the molecule is CSc1cc2cc(C=O)cc(C)c2s1. The summed E-state index contributed by atoms with van der Waals surface area (Å²) in [5, 5.41) is 1.18. The fourth-order valence-corrected chi connectivity index (χ4v) is 3.17. The van der Waals surface area contributed by atoms with E-state index in [1.165, 1.54) is 19.9 Å². The molecule has 1 aromatic heterocycles. The molecule has 1 aromatic carbocycles. The van der Waals surface area contributed by atoms with Gasteiger partial charge in [0.2, 0.25) is 0 Å². The van der Waals surface area contributed by atoms with E-state index in [-0.39, 0.29) is 0 Å². The smallest absolute Gasteiger partial charge is 0.150 e. The van der Waals surface area contributed by atoms with Gasteiger partial charge in [-0.15, -0.1) is 23.1 Å². The third-order valence-corrected chi connectivity index (χ3v) is 4.49. The molecule has 1 nitrogen and oxygen atoms in total. The van der Waals surface area contributed by atoms with Crippen LogP contribution in [0.25, 0.3) is 10.1 Å². The van der Waals surface area contributed by atoms with E-state index >= 15 is 0 Å². The lowest BCUT2D eigenvalue weighted by Gasteiger charge is -1.96. The van der Waals surface area contributed by atoms with Crippen LogP contribution in [0.4, 0.5) is 0 Å². The molecule has 0 unspecified atom stereocenters. The van der Waals surface area contributed by atoms with Gasteiger partial charge in [0.05, 0.1) is 4.21 Å². The molecule has 0 atom stereocenters. The van der Waals surface area contributed by atoms with Gasteiger partial charge < -0.3 is 0 Å². The van der Waals surface area contributed by atoms with Gasteiger partial charge in [0, 0.05) is 10.3 Å². The lowest BCUT2D eigenvalue weighted by Crippen LogP contribution is -1.80. The fraction of sp³-hybridized carbons (Fsp3) is 0.182. The molecule has 0 spiro atoms. The Balaban J connectivity index is 2.73. The van der Waals surface area contributed by atoms with Crippen LogP contribution in [0.3, 0.4) is 0 Å². The Morgan fingerprint density at radius 1 is 1.36 bits per heavy atom. The van der Waals surface area contributed by atoms with Crippen LogP contribution in [0, 0.1) is 6.92 Å². The molecule has 0 bridgehead atoms. The first kappa shape index (κ1) is 9.74. The normalized spacial score (nSPS) is 10.7. The zero-order valence-electron chi connectivity index (χ0n) is 8.03. The third kappa shape index (κ3) is 1.57. The minimum absolute atomic E-state index is 0.764. The van der Waals surface area contributed by atoms with Gasteiger partial charge in [0.25, 0.3) is 0 Å². The van der Waals surface area contributed by atoms with E-state index < -0.39 is 0 Å². The number of benzene rings is 1. The molecular weight excluding hydrogens is 212 g/mol. The molecule has 0 aliphatic carbocycles. The molecule has 2 aromatic rings. The molecule has 0 aliphatic rings. The molecule has 0 fully saturated rings. The predicted molar refractivity (Wildman–Crippen MR) is 63.7 cm³/mol. The molecular formula is C11H10OS2. The maximum Gasteiger partial charge on any atom is 0.150 e. The summed E-state index contributed by atoms with van der Waals surface area (Å²) in [5.74, 6) is 0. The van der Waals surface area contributed by atoms with Crippen molar-refractivity contribution in [3.8, 4) is 0 Å². The number of hydrogen-bond donors (Lipinski definition) is 0. The molecule has 72 valence electrons. The topological polar surface area (TPSA) is 17.1 Å². The molecule has 0 radical (unpaired) electrons. The molecule has 2 rings (SSSR count). The summed E-state index contributed by atoms with van der Waals surface area (Å²) in [6, 6.07) is 6.03. The van der Waals surface area contributed by atoms with Gasteiger partial charge in [-0.2, -0.15) is 0 Å². The van der Waals surface area contributed by atoms with E-state index in [1.807, 2.05) is 12.1 Å². The highest BCUT2D eigenvalue weighted by molar-refractivity contribution is 8.00. The highest BCUT2D eigenvalue weighted by atomic mass is 32.2. The largest absolute Gasteiger partial charge is 0.298 e. The number of fused-ring (bicyclic) bond motifs is 1. The highest BCUT2D eigenvalue weighted by Crippen LogP contribution is 2.34. The van der Waals surface area contributed by atoms with Crippen LogP contribution >= 0.6 is 23.1 Å². The van der Waals surface area contributed by atoms with E-state index in [9.17, 15) is 4.79 Å². The van der Waals surface area contributed by atoms with Crippen molar-refractivity contribution in [3.05, 3.63) is 29.3 Å². The Kier molecular flexibility index (Phi) is 2.61. The van der Waals surface area contributed by atoms with Gasteiger partial charge in [-0.3, -0.25) is 4.79 Å². The molecule has 0 saturated carbocycles. The Labute approximate surface area is 91.1 Å². The maximum absolute atomic E-state index is 10.7. The summed E-state index contributed by atoms with van der Waals surface area (Å²) in [5.41, 5.74) is 1.95. The summed E-state index contributed by atoms with van der Waals surface area (Å²) >= 11 is 3.54. The zero-order chi connectivity index (χ0) is 10.1. The van der Waals surface area contributed by atoms with Crippen LogP contribution in [0.15, 0.2) is 22.4 Å². The van der Waals surface area contributed by atoms with Crippen LogP contribution < -0.4 is 0 Å². The van der Waals surface area contributed by atoms with Gasteiger partial charge in [-0.1, -0.05) is 0 Å². The predicted octanol–water partition coefficient (Wildman–Crippen LogP) is 3.74. The monoisotopic (exact) mass is 222 g/mol. The molecule has 0 amide bonds. The molecule has 0 aliphatic heterocycles. The number of carbonyl (C=O) groups is 1. The highest BCUT2D eigenvalue weighted by Gasteiger charge is 2.05. The summed E-state index contributed by atoms with van der Waals surface area (Å²) in [6.45, 7) is 2.05. The standard InChI is InChI=1S/C11H10OS2/c1-7-3-8(6-12)4-9-5-10(13-2)14-11(7)9/h3-6H,1-2H3. The summed E-state index contributed by atoms with van der Waals surface area (Å²) in [7, 11) is 0. The van der Waals surface area contributed by atoms with Gasteiger partial charge in [-0.05, 0) is 42.3 Å². The average Bonchev–Trinajstić information content (AvgIpc) is 2.61. The second-order valence-corrected chi connectivity index (χ2v) is 5.30. The number of aryl methyl sites for hydroxylation is 1. The summed E-state index contributed by atoms with van der Waals surface area (Å²) < 4.78 is 2.59. The molecule has 14 heavy (non-hydrogen) atoms. The number of hydrogen-bond acceptors (Lipinski definition) is 3. The lowest BCUT2D eigenvalue weighted by atomic mass is 10.1. The van der Waals surface area contributed by atoms with E-state index in [4.69, 9.17) is 0 Å². The summed E-state index contributed by atoms with van der Waals surface area (Å²) in [6.07, 6.45) is 2.98. The van der Waals surface area contributed by atoms with Crippen LogP contribution in [-0.4, -0.2) is 12.5 Å². The van der Waals surface area contributed by atoms with Gasteiger partial charge in [-0.25, -0.2) is 0 Å². The second kappa shape index (κ2) is 3.75. The minimum atomic E-state index is 0.764. The first-order valence-corrected chi connectivity index (χ1v) is 6.32. The number of thioether (sulfide) groups is 1. The maximum atomic E-state index is 10.7. The van der Waals surface area contributed by atoms with Gasteiger partial charge in [0.1, 0.15) is 6.29 Å². The van der Waals surface area contributed by atoms with Crippen molar-refractivity contribution < 1.29 is 4.79 Å². The van der Waals surface area contributed by atoms with Crippen molar-refractivity contribution in [2.24, 2.45) is 0 Å². The Morgan fingerprint density at radius 2 is 2.14 bits per heavy atom. The van der Waals surface area contributed by atoms with Crippen LogP contribution in [0.5, 0.6) is 0 Å². The van der Waals surface area contributed by atoms with Crippen molar-refractivity contribution in [2.75, 3.05) is 6.26 Å². The quantitative estimate of drug-likeness (QED) is 0.568. The first-order valence-electron chi connectivity index (χ1n) is 4.28. The summed E-state index contributed by atoms with van der Waals surface area (Å²) in [4.78, 5) is 10.7. The lowest BCUT2D eigenvalue weighted by molar-refractivity contribution is 0.112. The number of aldehydes is 1. The molecule has 3 heteroatoms. The first-order chi connectivity index (χ1) is 6.74. The van der Waals surface area contributed by atoms with E-state index in [0.717, 1.165) is 11.8 Å².